The molecule has 1 N–H and O–H groups in total. The fourth-order valence-corrected chi connectivity index (χ4v) is 2.35. The third kappa shape index (κ3) is 5.19. The molecule has 2 atom stereocenters. The van der Waals surface area contributed by atoms with Crippen molar-refractivity contribution in [3.8, 4) is 0 Å². The van der Waals surface area contributed by atoms with Gasteiger partial charge in [-0.15, -0.1) is 0 Å². The molecular weight excluding hydrogens is 244 g/mol. The first kappa shape index (κ1) is 16.0. The molecule has 1 saturated heterocycles. The molecular formula is C14H26N2O3. The fourth-order valence-electron chi connectivity index (χ4n) is 2.35. The second-order valence-electron chi connectivity index (χ2n) is 5.62. The molecule has 0 aromatic rings. The zero-order chi connectivity index (χ0) is 14.4. The molecule has 0 spiro atoms. The summed E-state index contributed by atoms with van der Waals surface area (Å²) in [5.74, 6) is 0.518. The van der Waals surface area contributed by atoms with Crippen LogP contribution in [0.1, 0.15) is 40.5 Å². The molecule has 5 heteroatoms. The van der Waals surface area contributed by atoms with Gasteiger partial charge in [0.1, 0.15) is 6.04 Å². The Hall–Kier alpha value is -1.10. The van der Waals surface area contributed by atoms with Crippen LogP contribution in [-0.4, -0.2) is 48.6 Å². The Morgan fingerprint density at radius 1 is 1.47 bits per heavy atom. The highest BCUT2D eigenvalue weighted by Crippen LogP contribution is 2.10. The van der Waals surface area contributed by atoms with Crippen molar-refractivity contribution in [2.75, 3.05) is 19.7 Å². The zero-order valence-electron chi connectivity index (χ0n) is 12.4. The minimum Gasteiger partial charge on any atom is -0.378 e. The van der Waals surface area contributed by atoms with Crippen molar-refractivity contribution in [3.63, 3.8) is 0 Å². The van der Waals surface area contributed by atoms with Gasteiger partial charge in [-0.3, -0.25) is 9.59 Å². The van der Waals surface area contributed by atoms with Gasteiger partial charge in [0, 0.05) is 13.1 Å². The van der Waals surface area contributed by atoms with Crippen molar-refractivity contribution in [1.29, 1.82) is 0 Å². The Morgan fingerprint density at radius 3 is 2.79 bits per heavy atom. The van der Waals surface area contributed by atoms with Crippen molar-refractivity contribution in [1.82, 2.24) is 10.2 Å². The predicted octanol–water partition coefficient (Wildman–Crippen LogP) is 1.17. The quantitative estimate of drug-likeness (QED) is 0.788. The van der Waals surface area contributed by atoms with Gasteiger partial charge in [0.15, 0.2) is 0 Å². The Labute approximate surface area is 115 Å². The number of piperazine rings is 1. The van der Waals surface area contributed by atoms with Crippen LogP contribution in [0, 0.1) is 5.92 Å². The molecule has 1 fully saturated rings. The van der Waals surface area contributed by atoms with E-state index in [1.807, 2.05) is 6.92 Å². The maximum absolute atomic E-state index is 12.0. The highest BCUT2D eigenvalue weighted by molar-refractivity contribution is 5.88. The maximum atomic E-state index is 12.0. The lowest BCUT2D eigenvalue weighted by Gasteiger charge is -2.33. The minimum absolute atomic E-state index is 0.000836. The van der Waals surface area contributed by atoms with E-state index in [1.165, 1.54) is 0 Å². The summed E-state index contributed by atoms with van der Waals surface area (Å²) in [4.78, 5) is 25.1. The van der Waals surface area contributed by atoms with Crippen LogP contribution in [0.4, 0.5) is 0 Å². The summed E-state index contributed by atoms with van der Waals surface area (Å²) in [7, 11) is 0. The monoisotopic (exact) mass is 270 g/mol. The Kier molecular flexibility index (Phi) is 6.28. The van der Waals surface area contributed by atoms with Crippen LogP contribution in [0.15, 0.2) is 0 Å². The summed E-state index contributed by atoms with van der Waals surface area (Å²) in [5, 5.41) is 2.75. The zero-order valence-corrected chi connectivity index (χ0v) is 12.4. The first-order valence-corrected chi connectivity index (χ1v) is 7.10. The molecule has 5 nitrogen and oxygen atoms in total. The summed E-state index contributed by atoms with van der Waals surface area (Å²) in [6.45, 7) is 9.65. The van der Waals surface area contributed by atoms with Crippen molar-refractivity contribution in [2.45, 2.75) is 52.7 Å². The van der Waals surface area contributed by atoms with E-state index in [2.05, 4.69) is 19.2 Å². The average Bonchev–Trinajstić information content (AvgIpc) is 2.31. The number of amides is 2. The van der Waals surface area contributed by atoms with Gasteiger partial charge in [0.05, 0.1) is 19.1 Å². The van der Waals surface area contributed by atoms with Gasteiger partial charge in [-0.2, -0.15) is 0 Å². The lowest BCUT2D eigenvalue weighted by atomic mass is 10.1. The summed E-state index contributed by atoms with van der Waals surface area (Å²) in [5.41, 5.74) is 0. The second-order valence-corrected chi connectivity index (χ2v) is 5.62. The number of nitrogens with zero attached hydrogens (tertiary/aromatic N) is 1. The topological polar surface area (TPSA) is 58.6 Å². The van der Waals surface area contributed by atoms with E-state index in [0.29, 0.717) is 32.0 Å². The maximum Gasteiger partial charge on any atom is 0.242 e. The van der Waals surface area contributed by atoms with E-state index in [1.54, 1.807) is 11.8 Å². The van der Waals surface area contributed by atoms with Crippen LogP contribution in [-0.2, 0) is 14.3 Å². The van der Waals surface area contributed by atoms with Crippen LogP contribution in [0.25, 0.3) is 0 Å². The van der Waals surface area contributed by atoms with E-state index >= 15 is 0 Å². The largest absolute Gasteiger partial charge is 0.378 e. The molecule has 0 aliphatic carbocycles. The van der Waals surface area contributed by atoms with E-state index in [-0.39, 0.29) is 24.0 Å². The fraction of sp³-hybridized carbons (Fsp3) is 0.857. The first-order chi connectivity index (χ1) is 8.91. The Morgan fingerprint density at radius 2 is 2.16 bits per heavy atom. The van der Waals surface area contributed by atoms with Crippen LogP contribution in [0.5, 0.6) is 0 Å². The van der Waals surface area contributed by atoms with Crippen molar-refractivity contribution in [3.05, 3.63) is 0 Å². The third-order valence-corrected chi connectivity index (χ3v) is 3.34. The normalized spacial score (nSPS) is 21.4. The van der Waals surface area contributed by atoms with E-state index in [4.69, 9.17) is 4.74 Å². The molecule has 0 saturated carbocycles. The third-order valence-electron chi connectivity index (χ3n) is 3.34. The number of carbonyl (C=O) groups is 2. The number of rotatable bonds is 6. The molecule has 110 valence electrons. The first-order valence-electron chi connectivity index (χ1n) is 7.10. The highest BCUT2D eigenvalue weighted by Gasteiger charge is 2.28. The molecule has 0 bridgehead atoms. The molecule has 0 unspecified atom stereocenters. The standard InChI is InChI=1S/C14H26N2O3/c1-10(2)9-11(3)19-8-5-13(17)16-7-6-15-14(18)12(16)4/h10-12H,5-9H2,1-4H3,(H,15,18)/t11-,12+/m1/s1. The van der Waals surface area contributed by atoms with Crippen LogP contribution in [0.2, 0.25) is 0 Å². The summed E-state index contributed by atoms with van der Waals surface area (Å²) < 4.78 is 5.63. The van der Waals surface area contributed by atoms with Crippen LogP contribution < -0.4 is 5.32 Å². The average molecular weight is 270 g/mol. The van der Waals surface area contributed by atoms with E-state index in [0.717, 1.165) is 6.42 Å². The Bertz CT molecular complexity index is 318. The number of carbonyl (C=O) groups excluding carboxylic acids is 2. The van der Waals surface area contributed by atoms with Gasteiger partial charge in [0.25, 0.3) is 0 Å². The van der Waals surface area contributed by atoms with Crippen molar-refractivity contribution in [2.24, 2.45) is 5.92 Å². The lowest BCUT2D eigenvalue weighted by Crippen LogP contribution is -2.56. The molecule has 1 rings (SSSR count). The van der Waals surface area contributed by atoms with E-state index < -0.39 is 0 Å². The Balaban J connectivity index is 2.29. The van der Waals surface area contributed by atoms with Crippen molar-refractivity contribution < 1.29 is 14.3 Å². The van der Waals surface area contributed by atoms with Gasteiger partial charge in [-0.05, 0) is 26.2 Å². The van der Waals surface area contributed by atoms with Crippen LogP contribution >= 0.6 is 0 Å². The molecule has 1 aliphatic rings. The van der Waals surface area contributed by atoms with Gasteiger partial charge >= 0.3 is 0 Å². The molecule has 0 aromatic carbocycles. The smallest absolute Gasteiger partial charge is 0.242 e. The van der Waals surface area contributed by atoms with Gasteiger partial charge in [0.2, 0.25) is 11.8 Å². The predicted molar refractivity (Wildman–Crippen MR) is 73.7 cm³/mol. The molecule has 19 heavy (non-hydrogen) atoms. The summed E-state index contributed by atoms with van der Waals surface area (Å²) >= 11 is 0. The number of hydrogen-bond donors (Lipinski definition) is 1. The number of hydrogen-bond acceptors (Lipinski definition) is 3. The van der Waals surface area contributed by atoms with Crippen LogP contribution in [0.3, 0.4) is 0 Å². The summed E-state index contributed by atoms with van der Waals surface area (Å²) in [6.07, 6.45) is 1.52. The minimum atomic E-state index is -0.366. The SMILES string of the molecule is CC(C)C[C@@H](C)OCCC(=O)N1CCNC(=O)[C@@H]1C. The van der Waals surface area contributed by atoms with Gasteiger partial charge in [-0.25, -0.2) is 0 Å². The second kappa shape index (κ2) is 7.48. The van der Waals surface area contributed by atoms with Gasteiger partial charge in [-0.1, -0.05) is 13.8 Å². The lowest BCUT2D eigenvalue weighted by molar-refractivity contribution is -0.143. The van der Waals surface area contributed by atoms with Crippen molar-refractivity contribution >= 4 is 11.8 Å². The molecule has 0 aromatic heterocycles. The highest BCUT2D eigenvalue weighted by atomic mass is 16.5. The van der Waals surface area contributed by atoms with Gasteiger partial charge < -0.3 is 15.0 Å². The summed E-state index contributed by atoms with van der Waals surface area (Å²) in [6, 6.07) is -0.366. The molecule has 2 amide bonds. The molecule has 0 radical (unpaired) electrons. The molecule has 1 heterocycles. The molecule has 1 aliphatic heterocycles. The van der Waals surface area contributed by atoms with E-state index in [9.17, 15) is 9.59 Å². The number of ether oxygens (including phenoxy) is 1. The number of nitrogens with one attached hydrogen (secondary N) is 1.